The van der Waals surface area contributed by atoms with Crippen molar-refractivity contribution in [3.63, 3.8) is 0 Å². The standard InChI is InChI=1S/C16H15N2O2/c1-13-17-12-20-18(13)15-7-9-16(10-8-15)19-11-14-5-3-2-4-6-14/h2-10,12H,11H2,1H3. The summed E-state index contributed by atoms with van der Waals surface area (Å²) in [5.74, 6) is 1.64. The second-order valence-corrected chi connectivity index (χ2v) is 4.45. The molecule has 0 bridgehead atoms. The minimum atomic E-state index is 0.564. The van der Waals surface area contributed by atoms with Crippen molar-refractivity contribution in [1.82, 2.24) is 0 Å². The Bertz CT molecular complexity index is 594. The van der Waals surface area contributed by atoms with Crippen LogP contribution >= 0.6 is 0 Å². The van der Waals surface area contributed by atoms with E-state index in [1.54, 1.807) is 5.06 Å². The molecule has 0 amide bonds. The van der Waals surface area contributed by atoms with Crippen LogP contribution in [0.1, 0.15) is 12.5 Å². The first-order valence-corrected chi connectivity index (χ1v) is 6.43. The van der Waals surface area contributed by atoms with E-state index in [2.05, 4.69) is 4.99 Å². The van der Waals surface area contributed by atoms with Crippen LogP contribution in [-0.2, 0) is 11.4 Å². The number of hydrogen-bond donors (Lipinski definition) is 0. The number of hydrogen-bond acceptors (Lipinski definition) is 4. The molecule has 0 aliphatic carbocycles. The highest BCUT2D eigenvalue weighted by Gasteiger charge is 2.16. The van der Waals surface area contributed by atoms with Crippen molar-refractivity contribution in [3.05, 3.63) is 66.9 Å². The average Bonchev–Trinajstić information content (AvgIpc) is 2.93. The number of hydroxylamine groups is 1. The summed E-state index contributed by atoms with van der Waals surface area (Å²) in [6.07, 6.45) is 0. The molecule has 1 aliphatic heterocycles. The predicted octanol–water partition coefficient (Wildman–Crippen LogP) is 3.55. The van der Waals surface area contributed by atoms with Crippen LogP contribution in [0.15, 0.2) is 59.6 Å². The van der Waals surface area contributed by atoms with Gasteiger partial charge in [0, 0.05) is 0 Å². The fraction of sp³-hybridized carbons (Fsp3) is 0.125. The summed E-state index contributed by atoms with van der Waals surface area (Å²) in [6.45, 7) is 3.88. The van der Waals surface area contributed by atoms with E-state index >= 15 is 0 Å². The van der Waals surface area contributed by atoms with Gasteiger partial charge in [0.1, 0.15) is 18.2 Å². The molecule has 0 aromatic heterocycles. The summed E-state index contributed by atoms with van der Waals surface area (Å²) < 4.78 is 5.74. The molecular weight excluding hydrogens is 252 g/mol. The smallest absolute Gasteiger partial charge is 0.226 e. The highest BCUT2D eigenvalue weighted by Crippen LogP contribution is 2.23. The van der Waals surface area contributed by atoms with Gasteiger partial charge < -0.3 is 4.74 Å². The van der Waals surface area contributed by atoms with Crippen LogP contribution in [0.2, 0.25) is 0 Å². The molecule has 101 valence electrons. The van der Waals surface area contributed by atoms with Crippen LogP contribution in [0.25, 0.3) is 0 Å². The fourth-order valence-corrected chi connectivity index (χ4v) is 1.94. The Hall–Kier alpha value is -2.33. The highest BCUT2D eigenvalue weighted by molar-refractivity contribution is 5.95. The SMILES string of the molecule is CC1=N[CH]ON1c1ccc(OCc2ccccc2)cc1. The topological polar surface area (TPSA) is 34.1 Å². The Morgan fingerprint density at radius 1 is 1.05 bits per heavy atom. The monoisotopic (exact) mass is 267 g/mol. The number of aliphatic imine (C=N–C) groups is 1. The molecule has 0 fully saturated rings. The predicted molar refractivity (Wildman–Crippen MR) is 78.2 cm³/mol. The van der Waals surface area contributed by atoms with Crippen LogP contribution in [0.5, 0.6) is 5.75 Å². The van der Waals surface area contributed by atoms with Gasteiger partial charge in [-0.2, -0.15) is 0 Å². The van der Waals surface area contributed by atoms with Gasteiger partial charge in [-0.15, -0.1) is 0 Å². The minimum Gasteiger partial charge on any atom is -0.489 e. The Kier molecular flexibility index (Phi) is 3.65. The molecule has 1 radical (unpaired) electrons. The van der Waals surface area contributed by atoms with Crippen LogP contribution in [0.4, 0.5) is 5.69 Å². The van der Waals surface area contributed by atoms with Crippen molar-refractivity contribution in [1.29, 1.82) is 0 Å². The maximum Gasteiger partial charge on any atom is 0.226 e. The summed E-state index contributed by atoms with van der Waals surface area (Å²) in [4.78, 5) is 9.34. The van der Waals surface area contributed by atoms with Crippen molar-refractivity contribution in [2.24, 2.45) is 4.99 Å². The molecule has 0 atom stereocenters. The van der Waals surface area contributed by atoms with Crippen molar-refractivity contribution >= 4 is 11.5 Å². The molecule has 4 heteroatoms. The van der Waals surface area contributed by atoms with Crippen molar-refractivity contribution in [2.45, 2.75) is 13.5 Å². The molecule has 20 heavy (non-hydrogen) atoms. The molecule has 0 spiro atoms. The van der Waals surface area contributed by atoms with Gasteiger partial charge >= 0.3 is 0 Å². The summed E-state index contributed by atoms with van der Waals surface area (Å²) in [7, 11) is 0. The maximum absolute atomic E-state index is 5.74. The molecule has 0 unspecified atom stereocenters. The number of anilines is 1. The molecule has 1 heterocycles. The number of rotatable bonds is 4. The average molecular weight is 267 g/mol. The van der Waals surface area contributed by atoms with Crippen LogP contribution in [0.3, 0.4) is 0 Å². The zero-order valence-corrected chi connectivity index (χ0v) is 11.2. The first-order chi connectivity index (χ1) is 9.83. The molecule has 1 aliphatic rings. The first-order valence-electron chi connectivity index (χ1n) is 6.43. The van der Waals surface area contributed by atoms with Gasteiger partial charge in [-0.3, -0.25) is 0 Å². The Morgan fingerprint density at radius 3 is 2.45 bits per heavy atom. The largest absolute Gasteiger partial charge is 0.489 e. The second-order valence-electron chi connectivity index (χ2n) is 4.45. The van der Waals surface area contributed by atoms with Crippen LogP contribution in [0, 0.1) is 6.73 Å². The molecule has 0 N–H and O–H groups in total. The van der Waals surface area contributed by atoms with E-state index in [9.17, 15) is 0 Å². The third-order valence-electron chi connectivity index (χ3n) is 3.01. The Balaban J connectivity index is 1.63. The van der Waals surface area contributed by atoms with Gasteiger partial charge in [-0.25, -0.2) is 14.9 Å². The lowest BCUT2D eigenvalue weighted by atomic mass is 10.2. The van der Waals surface area contributed by atoms with Gasteiger partial charge in [0.05, 0.1) is 5.69 Å². The van der Waals surface area contributed by atoms with Gasteiger partial charge in [-0.1, -0.05) is 30.3 Å². The van der Waals surface area contributed by atoms with Crippen molar-refractivity contribution < 1.29 is 9.57 Å². The second kappa shape index (κ2) is 5.75. The lowest BCUT2D eigenvalue weighted by Gasteiger charge is -2.16. The van der Waals surface area contributed by atoms with E-state index in [1.165, 1.54) is 6.73 Å². The number of benzene rings is 2. The molecule has 2 aromatic carbocycles. The molecule has 0 saturated heterocycles. The van der Waals surface area contributed by atoms with Crippen LogP contribution in [-0.4, -0.2) is 5.84 Å². The summed E-state index contributed by atoms with van der Waals surface area (Å²) in [5.41, 5.74) is 2.07. The van der Waals surface area contributed by atoms with Gasteiger partial charge in [0.2, 0.25) is 6.73 Å². The summed E-state index contributed by atoms with van der Waals surface area (Å²) in [6, 6.07) is 17.8. The van der Waals surface area contributed by atoms with E-state index in [0.29, 0.717) is 6.61 Å². The van der Waals surface area contributed by atoms with E-state index in [4.69, 9.17) is 9.57 Å². The number of nitrogens with zero attached hydrogens (tertiary/aromatic N) is 2. The van der Waals surface area contributed by atoms with Gasteiger partial charge in [0.25, 0.3) is 0 Å². The lowest BCUT2D eigenvalue weighted by molar-refractivity contribution is 0.231. The van der Waals surface area contributed by atoms with Crippen LogP contribution < -0.4 is 9.80 Å². The van der Waals surface area contributed by atoms with E-state index in [-0.39, 0.29) is 0 Å². The van der Waals surface area contributed by atoms with E-state index in [1.807, 2.05) is 61.5 Å². The molecular formula is C16H15N2O2. The normalized spacial score (nSPS) is 14.2. The minimum absolute atomic E-state index is 0.564. The lowest BCUT2D eigenvalue weighted by Crippen LogP contribution is -2.22. The Labute approximate surface area is 118 Å². The van der Waals surface area contributed by atoms with E-state index in [0.717, 1.165) is 22.8 Å². The molecule has 4 nitrogen and oxygen atoms in total. The molecule has 3 rings (SSSR count). The Morgan fingerprint density at radius 2 is 1.80 bits per heavy atom. The quantitative estimate of drug-likeness (QED) is 0.849. The number of amidine groups is 1. The van der Waals surface area contributed by atoms with Gasteiger partial charge in [0.15, 0.2) is 0 Å². The highest BCUT2D eigenvalue weighted by atomic mass is 16.7. The first kappa shape index (κ1) is 12.7. The number of ether oxygens (including phenoxy) is 1. The zero-order valence-electron chi connectivity index (χ0n) is 11.2. The van der Waals surface area contributed by atoms with E-state index < -0.39 is 0 Å². The zero-order chi connectivity index (χ0) is 13.8. The maximum atomic E-state index is 5.74. The molecule has 0 saturated carbocycles. The third kappa shape index (κ3) is 2.81. The van der Waals surface area contributed by atoms with Gasteiger partial charge in [-0.05, 0) is 36.8 Å². The van der Waals surface area contributed by atoms with Crippen molar-refractivity contribution in [3.8, 4) is 5.75 Å². The third-order valence-corrected chi connectivity index (χ3v) is 3.01. The fourth-order valence-electron chi connectivity index (χ4n) is 1.94. The summed E-state index contributed by atoms with van der Waals surface area (Å²) >= 11 is 0. The summed E-state index contributed by atoms with van der Waals surface area (Å²) in [5, 5.41) is 1.67. The van der Waals surface area contributed by atoms with Crippen molar-refractivity contribution in [2.75, 3.05) is 5.06 Å². The molecule has 2 aromatic rings.